The molecule has 0 atom stereocenters. The lowest BCUT2D eigenvalue weighted by Crippen LogP contribution is -2.50. The summed E-state index contributed by atoms with van der Waals surface area (Å²) in [4.78, 5) is 25.8. The van der Waals surface area contributed by atoms with Gasteiger partial charge in [-0.15, -0.1) is 0 Å². The summed E-state index contributed by atoms with van der Waals surface area (Å²) < 4.78 is 35.4. The van der Waals surface area contributed by atoms with E-state index in [-0.39, 0.29) is 28.7 Å². The molecular weight excluding hydrogens is 481 g/mol. The summed E-state index contributed by atoms with van der Waals surface area (Å²) in [6.45, 7) is 0. The van der Waals surface area contributed by atoms with Crippen molar-refractivity contribution >= 4 is 17.5 Å². The van der Waals surface area contributed by atoms with Gasteiger partial charge in [0.15, 0.2) is 17.3 Å². The fourth-order valence-electron chi connectivity index (χ4n) is 4.40. The second kappa shape index (κ2) is 9.81. The number of aromatic nitrogens is 1. The molecule has 0 unspecified atom stereocenters. The number of hydrogen-bond donors (Lipinski definition) is 2. The van der Waals surface area contributed by atoms with Crippen molar-refractivity contribution in [3.63, 3.8) is 0 Å². The molecule has 2 amide bonds. The molecule has 5 rings (SSSR count). The highest BCUT2D eigenvalue weighted by molar-refractivity contribution is 6.07. The van der Waals surface area contributed by atoms with Crippen LogP contribution in [0, 0.1) is 5.82 Å². The van der Waals surface area contributed by atoms with Crippen LogP contribution < -0.4 is 20.1 Å². The summed E-state index contributed by atoms with van der Waals surface area (Å²) in [6, 6.07) is 14.6. The Morgan fingerprint density at radius 3 is 2.43 bits per heavy atom. The molecule has 9 nitrogen and oxygen atoms in total. The van der Waals surface area contributed by atoms with Crippen LogP contribution in [-0.2, 0) is 5.54 Å². The third kappa shape index (κ3) is 4.53. The van der Waals surface area contributed by atoms with Gasteiger partial charge >= 0.3 is 0 Å². The molecule has 0 spiro atoms. The zero-order valence-electron chi connectivity index (χ0n) is 20.2. The van der Waals surface area contributed by atoms with E-state index in [0.717, 1.165) is 30.9 Å². The van der Waals surface area contributed by atoms with E-state index >= 15 is 0 Å². The van der Waals surface area contributed by atoms with Crippen molar-refractivity contribution in [2.24, 2.45) is 0 Å². The van der Waals surface area contributed by atoms with Gasteiger partial charge in [-0.25, -0.2) is 4.39 Å². The van der Waals surface area contributed by atoms with Gasteiger partial charge in [0.05, 0.1) is 26.0 Å². The summed E-state index contributed by atoms with van der Waals surface area (Å²) in [5.41, 5.74) is 0.939. The Kier molecular flexibility index (Phi) is 6.39. The van der Waals surface area contributed by atoms with Crippen molar-refractivity contribution in [2.45, 2.75) is 24.8 Å². The van der Waals surface area contributed by atoms with E-state index in [1.165, 1.54) is 32.6 Å². The molecule has 1 aliphatic carbocycles. The minimum Gasteiger partial charge on any atom is -0.493 e. The highest BCUT2D eigenvalue weighted by Gasteiger charge is 2.41. The molecular formula is C27H24FN3O6. The number of rotatable bonds is 8. The van der Waals surface area contributed by atoms with Gasteiger partial charge in [-0.05, 0) is 61.2 Å². The average molecular weight is 506 g/mol. The molecule has 0 bridgehead atoms. The molecule has 1 fully saturated rings. The predicted octanol–water partition coefficient (Wildman–Crippen LogP) is 5.15. The fraction of sp³-hybridized carbons (Fsp3) is 0.222. The number of benzene rings is 2. The lowest BCUT2D eigenvalue weighted by atomic mass is 9.71. The minimum absolute atomic E-state index is 0.00961. The van der Waals surface area contributed by atoms with E-state index < -0.39 is 17.3 Å². The Bertz CT molecular complexity index is 1430. The SMILES string of the molecule is COc1ccc(F)c(C(=O)Nc2ccc(C3(NC(=O)c4cc(-c5ccco5)no4)CCC3)cc2)c1OC. The van der Waals surface area contributed by atoms with Gasteiger partial charge < -0.3 is 29.0 Å². The number of hydrogen-bond acceptors (Lipinski definition) is 7. The van der Waals surface area contributed by atoms with E-state index in [9.17, 15) is 14.0 Å². The second-order valence-electron chi connectivity index (χ2n) is 8.63. The van der Waals surface area contributed by atoms with Crippen molar-refractivity contribution in [1.29, 1.82) is 0 Å². The van der Waals surface area contributed by atoms with Crippen LogP contribution in [0.4, 0.5) is 10.1 Å². The molecule has 2 aromatic heterocycles. The summed E-state index contributed by atoms with van der Waals surface area (Å²) >= 11 is 0. The Morgan fingerprint density at radius 1 is 1.03 bits per heavy atom. The van der Waals surface area contributed by atoms with Gasteiger partial charge in [-0.2, -0.15) is 0 Å². The normalized spacial score (nSPS) is 13.9. The maximum atomic E-state index is 14.5. The molecule has 190 valence electrons. The maximum Gasteiger partial charge on any atom is 0.290 e. The second-order valence-corrected chi connectivity index (χ2v) is 8.63. The zero-order valence-corrected chi connectivity index (χ0v) is 20.2. The van der Waals surface area contributed by atoms with Crippen LogP contribution in [0.25, 0.3) is 11.5 Å². The molecule has 0 radical (unpaired) electrons. The quantitative estimate of drug-likeness (QED) is 0.340. The van der Waals surface area contributed by atoms with E-state index in [4.69, 9.17) is 18.4 Å². The first kappa shape index (κ1) is 24.1. The molecule has 2 N–H and O–H groups in total. The first-order chi connectivity index (χ1) is 17.9. The number of methoxy groups -OCH3 is 2. The van der Waals surface area contributed by atoms with Crippen LogP contribution in [-0.4, -0.2) is 31.2 Å². The first-order valence-corrected chi connectivity index (χ1v) is 11.6. The Hall–Kier alpha value is -4.60. The van der Waals surface area contributed by atoms with Crippen LogP contribution in [0.1, 0.15) is 45.7 Å². The third-order valence-corrected chi connectivity index (χ3v) is 6.48. The van der Waals surface area contributed by atoms with Crippen molar-refractivity contribution in [2.75, 3.05) is 19.5 Å². The van der Waals surface area contributed by atoms with Crippen molar-refractivity contribution < 1.29 is 32.4 Å². The fourth-order valence-corrected chi connectivity index (χ4v) is 4.40. The number of amides is 2. The van der Waals surface area contributed by atoms with Gasteiger partial charge in [0.1, 0.15) is 17.1 Å². The molecule has 37 heavy (non-hydrogen) atoms. The zero-order chi connectivity index (χ0) is 26.0. The van der Waals surface area contributed by atoms with Gasteiger partial charge in [0.25, 0.3) is 11.8 Å². The third-order valence-electron chi connectivity index (χ3n) is 6.48. The van der Waals surface area contributed by atoms with E-state index in [0.29, 0.717) is 17.1 Å². The van der Waals surface area contributed by atoms with Gasteiger partial charge in [0.2, 0.25) is 5.76 Å². The summed E-state index contributed by atoms with van der Waals surface area (Å²) in [5.74, 6) is -0.953. The van der Waals surface area contributed by atoms with Crippen molar-refractivity contribution in [3.8, 4) is 23.0 Å². The summed E-state index contributed by atoms with van der Waals surface area (Å²) in [5, 5.41) is 9.67. The van der Waals surface area contributed by atoms with E-state index in [1.807, 2.05) is 12.1 Å². The number of carbonyl (C=O) groups excluding carboxylic acids is 2. The predicted molar refractivity (Wildman–Crippen MR) is 131 cm³/mol. The summed E-state index contributed by atoms with van der Waals surface area (Å²) in [6.07, 6.45) is 3.95. The minimum atomic E-state index is -0.731. The number of halogens is 1. The smallest absolute Gasteiger partial charge is 0.290 e. The first-order valence-electron chi connectivity index (χ1n) is 11.6. The van der Waals surface area contributed by atoms with Crippen LogP contribution in [0.15, 0.2) is 69.8 Å². The largest absolute Gasteiger partial charge is 0.493 e. The molecule has 0 aliphatic heterocycles. The Labute approximate surface area is 211 Å². The summed E-state index contributed by atoms with van der Waals surface area (Å²) in [7, 11) is 2.75. The lowest BCUT2D eigenvalue weighted by Gasteiger charge is -2.43. The molecule has 0 saturated heterocycles. The van der Waals surface area contributed by atoms with Crippen LogP contribution in [0.2, 0.25) is 0 Å². The number of anilines is 1. The number of furan rings is 1. The Morgan fingerprint density at radius 2 is 1.81 bits per heavy atom. The molecule has 1 aliphatic rings. The van der Waals surface area contributed by atoms with Gasteiger partial charge in [-0.3, -0.25) is 9.59 Å². The highest BCUT2D eigenvalue weighted by Crippen LogP contribution is 2.42. The molecule has 2 heterocycles. The molecule has 2 aromatic carbocycles. The molecule has 1 saturated carbocycles. The van der Waals surface area contributed by atoms with Crippen LogP contribution in [0.5, 0.6) is 11.5 Å². The van der Waals surface area contributed by atoms with E-state index in [1.54, 1.807) is 24.3 Å². The van der Waals surface area contributed by atoms with Gasteiger partial charge in [0, 0.05) is 11.8 Å². The maximum absolute atomic E-state index is 14.5. The topological polar surface area (TPSA) is 116 Å². The lowest BCUT2D eigenvalue weighted by molar-refractivity contribution is 0.0785. The number of carbonyl (C=O) groups is 2. The average Bonchev–Trinajstić information content (AvgIpc) is 3.59. The molecule has 4 aromatic rings. The number of nitrogens with zero attached hydrogens (tertiary/aromatic N) is 1. The van der Waals surface area contributed by atoms with E-state index in [2.05, 4.69) is 15.8 Å². The van der Waals surface area contributed by atoms with Crippen molar-refractivity contribution in [3.05, 3.63) is 83.6 Å². The number of nitrogens with one attached hydrogen (secondary N) is 2. The highest BCUT2D eigenvalue weighted by atomic mass is 19.1. The van der Waals surface area contributed by atoms with Crippen LogP contribution >= 0.6 is 0 Å². The Balaban J connectivity index is 1.31. The van der Waals surface area contributed by atoms with Crippen LogP contribution in [0.3, 0.4) is 0 Å². The molecule has 10 heteroatoms. The number of ether oxygens (including phenoxy) is 2. The van der Waals surface area contributed by atoms with Crippen molar-refractivity contribution in [1.82, 2.24) is 10.5 Å². The standard InChI is InChI=1S/C27H24FN3O6/c1-34-21-11-10-18(28)23(24(21)35-2)26(33)29-17-8-6-16(7-9-17)27(12-4-13-27)30-25(32)22-15-19(31-37-22)20-5-3-14-36-20/h3,5-11,14-15H,4,12-13H2,1-2H3,(H,29,33)(H,30,32). The van der Waals surface area contributed by atoms with Gasteiger partial charge in [-0.1, -0.05) is 17.3 Å². The monoisotopic (exact) mass is 505 g/mol.